The van der Waals surface area contributed by atoms with E-state index >= 15 is 0 Å². The fraction of sp³-hybridized carbons (Fsp3) is 0.583. The zero-order valence-electron chi connectivity index (χ0n) is 9.43. The quantitative estimate of drug-likeness (QED) is 0.879. The number of thioether (sulfide) groups is 1. The maximum Gasteiger partial charge on any atom is 0.0931 e. The Bertz CT molecular complexity index is 320. The zero-order valence-corrected chi connectivity index (χ0v) is 10.2. The lowest BCUT2D eigenvalue weighted by molar-refractivity contribution is 0.100. The van der Waals surface area contributed by atoms with Crippen molar-refractivity contribution in [3.05, 3.63) is 24.0 Å². The van der Waals surface area contributed by atoms with Crippen LogP contribution < -0.4 is 0 Å². The second kappa shape index (κ2) is 5.66. The number of pyridine rings is 1. The van der Waals surface area contributed by atoms with Gasteiger partial charge in [0, 0.05) is 29.6 Å². The van der Waals surface area contributed by atoms with Crippen molar-refractivity contribution in [2.45, 2.75) is 36.0 Å². The van der Waals surface area contributed by atoms with Gasteiger partial charge >= 0.3 is 0 Å². The lowest BCUT2D eigenvalue weighted by atomic mass is 10.2. The number of aliphatic hydroxyl groups excluding tert-OH is 1. The van der Waals surface area contributed by atoms with Gasteiger partial charge in [0.15, 0.2) is 0 Å². The predicted octanol–water partition coefficient (Wildman–Crippen LogP) is 2.41. The van der Waals surface area contributed by atoms with Crippen LogP contribution in [-0.2, 0) is 4.74 Å². The van der Waals surface area contributed by atoms with Crippen molar-refractivity contribution in [2.75, 3.05) is 13.2 Å². The molecule has 0 bridgehead atoms. The number of nitrogens with zero attached hydrogens (tertiary/aromatic N) is 1. The Kier molecular flexibility index (Phi) is 4.21. The second-order valence-corrected chi connectivity index (χ2v) is 5.40. The monoisotopic (exact) mass is 239 g/mol. The molecule has 0 amide bonds. The van der Waals surface area contributed by atoms with Crippen molar-refractivity contribution < 1.29 is 9.84 Å². The Balaban J connectivity index is 1.93. The molecule has 1 N–H and O–H groups in total. The lowest BCUT2D eigenvalue weighted by Gasteiger charge is -2.21. The molecule has 3 nitrogen and oxygen atoms in total. The van der Waals surface area contributed by atoms with Crippen LogP contribution in [0.15, 0.2) is 23.2 Å². The first-order chi connectivity index (χ1) is 7.75. The molecule has 1 unspecified atom stereocenters. The third-order valence-corrected chi connectivity index (χ3v) is 3.98. The fourth-order valence-corrected chi connectivity index (χ4v) is 2.77. The molecule has 88 valence electrons. The van der Waals surface area contributed by atoms with Gasteiger partial charge in [-0.2, -0.15) is 0 Å². The molecule has 1 aliphatic rings. The van der Waals surface area contributed by atoms with Crippen LogP contribution in [0.3, 0.4) is 0 Å². The highest BCUT2D eigenvalue weighted by atomic mass is 32.2. The van der Waals surface area contributed by atoms with Gasteiger partial charge in [-0.3, -0.25) is 4.98 Å². The average molecular weight is 239 g/mol. The normalized spacial score (nSPS) is 19.6. The number of hydrogen-bond acceptors (Lipinski definition) is 4. The van der Waals surface area contributed by atoms with Crippen molar-refractivity contribution in [1.29, 1.82) is 0 Å². The Morgan fingerprint density at radius 3 is 2.75 bits per heavy atom. The van der Waals surface area contributed by atoms with E-state index in [9.17, 15) is 5.11 Å². The van der Waals surface area contributed by atoms with E-state index in [1.54, 1.807) is 6.92 Å². The number of ether oxygens (including phenoxy) is 1. The van der Waals surface area contributed by atoms with Crippen LogP contribution in [-0.4, -0.2) is 28.6 Å². The Labute approximate surface area is 100 Å². The van der Waals surface area contributed by atoms with E-state index in [-0.39, 0.29) is 0 Å². The molecule has 1 aliphatic heterocycles. The number of aromatic nitrogens is 1. The maximum atomic E-state index is 9.35. The van der Waals surface area contributed by atoms with Crippen LogP contribution in [0.2, 0.25) is 0 Å². The third kappa shape index (κ3) is 3.20. The summed E-state index contributed by atoms with van der Waals surface area (Å²) in [5, 5.41) is 10.00. The molecule has 16 heavy (non-hydrogen) atoms. The van der Waals surface area contributed by atoms with Gasteiger partial charge in [-0.15, -0.1) is 11.8 Å². The summed E-state index contributed by atoms with van der Waals surface area (Å²) in [5.74, 6) is 0. The van der Waals surface area contributed by atoms with Gasteiger partial charge in [0.2, 0.25) is 0 Å². The fourth-order valence-electron chi connectivity index (χ4n) is 1.69. The van der Waals surface area contributed by atoms with Gasteiger partial charge in [-0.1, -0.05) is 0 Å². The van der Waals surface area contributed by atoms with Gasteiger partial charge in [0.25, 0.3) is 0 Å². The first kappa shape index (κ1) is 11.9. The minimum Gasteiger partial charge on any atom is -0.387 e. The van der Waals surface area contributed by atoms with E-state index < -0.39 is 6.10 Å². The van der Waals surface area contributed by atoms with E-state index in [2.05, 4.69) is 4.98 Å². The standard InChI is InChI=1S/C12H17NO2S/c1-9(14)12-3-2-11(8-13-12)16-10-4-6-15-7-5-10/h2-3,8-10,14H,4-7H2,1H3. The predicted molar refractivity (Wildman–Crippen MR) is 64.6 cm³/mol. The molecule has 0 aliphatic carbocycles. The van der Waals surface area contributed by atoms with Gasteiger partial charge in [-0.25, -0.2) is 0 Å². The highest BCUT2D eigenvalue weighted by Crippen LogP contribution is 2.29. The summed E-state index contributed by atoms with van der Waals surface area (Å²) >= 11 is 1.86. The topological polar surface area (TPSA) is 42.4 Å². The number of hydrogen-bond donors (Lipinski definition) is 1. The van der Waals surface area contributed by atoms with Crippen molar-refractivity contribution in [2.24, 2.45) is 0 Å². The van der Waals surface area contributed by atoms with Gasteiger partial charge in [-0.05, 0) is 31.9 Å². The summed E-state index contributed by atoms with van der Waals surface area (Å²) in [7, 11) is 0. The minimum atomic E-state index is -0.484. The van der Waals surface area contributed by atoms with Crippen LogP contribution in [0.1, 0.15) is 31.6 Å². The Hall–Kier alpha value is -0.580. The van der Waals surface area contributed by atoms with E-state index in [1.807, 2.05) is 30.1 Å². The molecule has 1 saturated heterocycles. The molecule has 0 saturated carbocycles. The van der Waals surface area contributed by atoms with Crippen molar-refractivity contribution in [3.8, 4) is 0 Å². The summed E-state index contributed by atoms with van der Waals surface area (Å²) in [4.78, 5) is 5.42. The largest absolute Gasteiger partial charge is 0.387 e. The van der Waals surface area contributed by atoms with Crippen LogP contribution in [0.5, 0.6) is 0 Å². The van der Waals surface area contributed by atoms with E-state index in [4.69, 9.17) is 4.74 Å². The minimum absolute atomic E-state index is 0.484. The van der Waals surface area contributed by atoms with E-state index in [1.165, 1.54) is 4.90 Å². The van der Waals surface area contributed by atoms with Crippen LogP contribution in [0.4, 0.5) is 0 Å². The van der Waals surface area contributed by atoms with Crippen LogP contribution in [0, 0.1) is 0 Å². The Morgan fingerprint density at radius 2 is 2.19 bits per heavy atom. The zero-order chi connectivity index (χ0) is 11.4. The molecule has 1 atom stereocenters. The summed E-state index contributed by atoms with van der Waals surface area (Å²) in [6.45, 7) is 3.47. The second-order valence-electron chi connectivity index (χ2n) is 4.02. The van der Waals surface area contributed by atoms with Crippen LogP contribution in [0.25, 0.3) is 0 Å². The molecule has 1 aromatic rings. The molecule has 2 rings (SSSR count). The molecule has 0 spiro atoms. The number of rotatable bonds is 3. The highest BCUT2D eigenvalue weighted by molar-refractivity contribution is 8.00. The van der Waals surface area contributed by atoms with E-state index in [0.717, 1.165) is 31.7 Å². The molecule has 0 radical (unpaired) electrons. The van der Waals surface area contributed by atoms with Crippen molar-refractivity contribution in [1.82, 2.24) is 4.98 Å². The SMILES string of the molecule is CC(O)c1ccc(SC2CCOCC2)cn1. The summed E-state index contributed by atoms with van der Waals surface area (Å²) < 4.78 is 5.33. The van der Waals surface area contributed by atoms with Gasteiger partial charge in [0.1, 0.15) is 0 Å². The van der Waals surface area contributed by atoms with Gasteiger partial charge < -0.3 is 9.84 Å². The summed E-state index contributed by atoms with van der Waals surface area (Å²) in [6.07, 6.45) is 3.59. The molecule has 4 heteroatoms. The first-order valence-electron chi connectivity index (χ1n) is 5.64. The molecular weight excluding hydrogens is 222 g/mol. The smallest absolute Gasteiger partial charge is 0.0931 e. The first-order valence-corrected chi connectivity index (χ1v) is 6.52. The third-order valence-electron chi connectivity index (χ3n) is 2.66. The molecule has 1 aromatic heterocycles. The van der Waals surface area contributed by atoms with Gasteiger partial charge in [0.05, 0.1) is 11.8 Å². The van der Waals surface area contributed by atoms with Crippen LogP contribution >= 0.6 is 11.8 Å². The van der Waals surface area contributed by atoms with Crippen molar-refractivity contribution in [3.63, 3.8) is 0 Å². The molecule has 2 heterocycles. The average Bonchev–Trinajstić information content (AvgIpc) is 2.31. The molecule has 1 fully saturated rings. The molecular formula is C12H17NO2S. The summed E-state index contributed by atoms with van der Waals surface area (Å²) in [5.41, 5.74) is 0.733. The van der Waals surface area contributed by atoms with E-state index in [0.29, 0.717) is 5.25 Å². The highest BCUT2D eigenvalue weighted by Gasteiger charge is 2.15. The maximum absolute atomic E-state index is 9.35. The number of aliphatic hydroxyl groups is 1. The van der Waals surface area contributed by atoms with Crippen molar-refractivity contribution >= 4 is 11.8 Å². The molecule has 0 aromatic carbocycles. The summed E-state index contributed by atoms with van der Waals surface area (Å²) in [6, 6.07) is 3.93. The lowest BCUT2D eigenvalue weighted by Crippen LogP contribution is -2.17. The Morgan fingerprint density at radius 1 is 1.44 bits per heavy atom.